The summed E-state index contributed by atoms with van der Waals surface area (Å²) in [6.45, 7) is -0.0185. The molecule has 1 aromatic carbocycles. The van der Waals surface area contributed by atoms with Gasteiger partial charge in [0.1, 0.15) is 5.15 Å². The molecule has 0 spiro atoms. The Labute approximate surface area is 109 Å². The zero-order valence-corrected chi connectivity index (χ0v) is 10.2. The molecule has 0 aliphatic carbocycles. The summed E-state index contributed by atoms with van der Waals surface area (Å²) in [7, 11) is 0. The van der Waals surface area contributed by atoms with Crippen molar-refractivity contribution in [3.63, 3.8) is 0 Å². The molecule has 0 saturated heterocycles. The maximum atomic E-state index is 11.8. The lowest BCUT2D eigenvalue weighted by Crippen LogP contribution is -2.12. The maximum absolute atomic E-state index is 11.8. The largest absolute Gasteiger partial charge is 0.392 e. The van der Waals surface area contributed by atoms with Crippen molar-refractivity contribution < 1.29 is 9.90 Å². The molecular formula is C13H11ClN2O2. The van der Waals surface area contributed by atoms with Crippen LogP contribution in [0.5, 0.6) is 0 Å². The fourth-order valence-corrected chi connectivity index (χ4v) is 1.52. The quantitative estimate of drug-likeness (QED) is 0.836. The third kappa shape index (κ3) is 3.06. The molecule has 92 valence electrons. The van der Waals surface area contributed by atoms with Gasteiger partial charge < -0.3 is 10.4 Å². The molecule has 0 bridgehead atoms. The SMILES string of the molecule is O=C(Nc1ccc(CO)cc1)c1ccc(Cl)nc1. The van der Waals surface area contributed by atoms with Gasteiger partial charge in [0.2, 0.25) is 0 Å². The molecule has 5 heteroatoms. The Kier molecular flexibility index (Phi) is 3.92. The monoisotopic (exact) mass is 262 g/mol. The molecule has 0 saturated carbocycles. The summed E-state index contributed by atoms with van der Waals surface area (Å²) >= 11 is 5.64. The minimum atomic E-state index is -0.254. The average molecular weight is 263 g/mol. The third-order valence-corrected chi connectivity index (χ3v) is 2.61. The van der Waals surface area contributed by atoms with E-state index in [4.69, 9.17) is 16.7 Å². The number of hydrogen-bond acceptors (Lipinski definition) is 3. The number of nitrogens with zero attached hydrogens (tertiary/aromatic N) is 1. The van der Waals surface area contributed by atoms with Crippen LogP contribution in [0.15, 0.2) is 42.6 Å². The van der Waals surface area contributed by atoms with Crippen molar-refractivity contribution >= 4 is 23.2 Å². The highest BCUT2D eigenvalue weighted by atomic mass is 35.5. The van der Waals surface area contributed by atoms with Crippen LogP contribution in [-0.2, 0) is 6.61 Å². The molecule has 0 aliphatic heterocycles. The van der Waals surface area contributed by atoms with E-state index in [1.165, 1.54) is 6.20 Å². The molecule has 18 heavy (non-hydrogen) atoms. The molecule has 1 aromatic heterocycles. The zero-order chi connectivity index (χ0) is 13.0. The number of aromatic nitrogens is 1. The average Bonchev–Trinajstić information content (AvgIpc) is 2.40. The minimum absolute atomic E-state index is 0.0185. The Hall–Kier alpha value is -1.91. The molecule has 0 unspecified atom stereocenters. The van der Waals surface area contributed by atoms with E-state index in [1.807, 2.05) is 0 Å². The summed E-state index contributed by atoms with van der Waals surface area (Å²) < 4.78 is 0. The van der Waals surface area contributed by atoms with Crippen LogP contribution in [0.4, 0.5) is 5.69 Å². The molecule has 2 rings (SSSR count). The fourth-order valence-electron chi connectivity index (χ4n) is 1.41. The second-order valence-electron chi connectivity index (χ2n) is 3.68. The van der Waals surface area contributed by atoms with Gasteiger partial charge in [0.25, 0.3) is 5.91 Å². The summed E-state index contributed by atoms with van der Waals surface area (Å²) in [5, 5.41) is 12.0. The first-order chi connectivity index (χ1) is 8.69. The second kappa shape index (κ2) is 5.62. The number of halogens is 1. The molecule has 0 atom stereocenters. The molecule has 4 nitrogen and oxygen atoms in total. The number of aliphatic hydroxyl groups excluding tert-OH is 1. The Balaban J connectivity index is 2.08. The van der Waals surface area contributed by atoms with Gasteiger partial charge in [0, 0.05) is 11.9 Å². The molecule has 0 aliphatic rings. The van der Waals surface area contributed by atoms with Crippen LogP contribution >= 0.6 is 11.6 Å². The van der Waals surface area contributed by atoms with Crippen molar-refractivity contribution in [2.24, 2.45) is 0 Å². The number of benzene rings is 1. The van der Waals surface area contributed by atoms with Crippen LogP contribution in [0, 0.1) is 0 Å². The lowest BCUT2D eigenvalue weighted by Gasteiger charge is -2.05. The Bertz CT molecular complexity index is 538. The van der Waals surface area contributed by atoms with E-state index < -0.39 is 0 Å². The fraction of sp³-hybridized carbons (Fsp3) is 0.0769. The number of hydrogen-bond donors (Lipinski definition) is 2. The number of nitrogens with one attached hydrogen (secondary N) is 1. The molecular weight excluding hydrogens is 252 g/mol. The van der Waals surface area contributed by atoms with E-state index in [0.717, 1.165) is 5.56 Å². The van der Waals surface area contributed by atoms with Crippen molar-refractivity contribution in [2.75, 3.05) is 5.32 Å². The number of amides is 1. The van der Waals surface area contributed by atoms with Crippen molar-refractivity contribution in [3.8, 4) is 0 Å². The summed E-state index contributed by atoms with van der Waals surface area (Å²) in [6.07, 6.45) is 1.42. The van der Waals surface area contributed by atoms with Crippen LogP contribution in [0.1, 0.15) is 15.9 Å². The second-order valence-corrected chi connectivity index (χ2v) is 4.07. The van der Waals surface area contributed by atoms with Crippen molar-refractivity contribution in [1.82, 2.24) is 4.98 Å². The van der Waals surface area contributed by atoms with Gasteiger partial charge >= 0.3 is 0 Å². The van der Waals surface area contributed by atoms with E-state index in [1.54, 1.807) is 36.4 Å². The maximum Gasteiger partial charge on any atom is 0.257 e. The van der Waals surface area contributed by atoms with Gasteiger partial charge in [-0.2, -0.15) is 0 Å². The Morgan fingerprint density at radius 2 is 1.94 bits per heavy atom. The number of anilines is 1. The minimum Gasteiger partial charge on any atom is -0.392 e. The van der Waals surface area contributed by atoms with E-state index in [-0.39, 0.29) is 12.5 Å². The Morgan fingerprint density at radius 3 is 2.50 bits per heavy atom. The van der Waals surface area contributed by atoms with Gasteiger partial charge in [-0.05, 0) is 29.8 Å². The van der Waals surface area contributed by atoms with Crippen LogP contribution in [-0.4, -0.2) is 16.0 Å². The predicted molar refractivity (Wildman–Crippen MR) is 69.6 cm³/mol. The van der Waals surface area contributed by atoms with Crippen LogP contribution in [0.25, 0.3) is 0 Å². The zero-order valence-electron chi connectivity index (χ0n) is 9.43. The number of aliphatic hydroxyl groups is 1. The molecule has 2 aromatic rings. The van der Waals surface area contributed by atoms with Gasteiger partial charge in [-0.3, -0.25) is 4.79 Å². The van der Waals surface area contributed by atoms with Crippen molar-refractivity contribution in [3.05, 3.63) is 58.9 Å². The summed E-state index contributed by atoms with van der Waals surface area (Å²) in [5.41, 5.74) is 1.89. The molecule has 0 radical (unpaired) electrons. The van der Waals surface area contributed by atoms with E-state index in [2.05, 4.69) is 10.3 Å². The first-order valence-electron chi connectivity index (χ1n) is 5.32. The van der Waals surface area contributed by atoms with Gasteiger partial charge in [-0.25, -0.2) is 4.98 Å². The lowest BCUT2D eigenvalue weighted by molar-refractivity contribution is 0.102. The molecule has 1 amide bonds. The van der Waals surface area contributed by atoms with Gasteiger partial charge in [0.15, 0.2) is 0 Å². The van der Waals surface area contributed by atoms with Gasteiger partial charge in [-0.15, -0.1) is 0 Å². The Morgan fingerprint density at radius 1 is 1.22 bits per heavy atom. The van der Waals surface area contributed by atoms with Crippen molar-refractivity contribution in [1.29, 1.82) is 0 Å². The summed E-state index contributed by atoms with van der Waals surface area (Å²) in [6, 6.07) is 10.1. The highest BCUT2D eigenvalue weighted by molar-refractivity contribution is 6.29. The number of rotatable bonds is 3. The van der Waals surface area contributed by atoms with E-state index in [0.29, 0.717) is 16.4 Å². The standard InChI is InChI=1S/C13H11ClN2O2/c14-12-6-3-10(7-15-12)13(18)16-11-4-1-9(8-17)2-5-11/h1-7,17H,8H2,(H,16,18). The molecule has 1 heterocycles. The highest BCUT2D eigenvalue weighted by Crippen LogP contribution is 2.12. The summed E-state index contributed by atoms with van der Waals surface area (Å²) in [5.74, 6) is -0.254. The third-order valence-electron chi connectivity index (χ3n) is 2.38. The van der Waals surface area contributed by atoms with Crippen LogP contribution in [0.2, 0.25) is 5.15 Å². The number of carbonyl (C=O) groups is 1. The highest BCUT2D eigenvalue weighted by Gasteiger charge is 2.06. The number of carbonyl (C=O) groups excluding carboxylic acids is 1. The van der Waals surface area contributed by atoms with Crippen molar-refractivity contribution in [2.45, 2.75) is 6.61 Å². The molecule has 2 N–H and O–H groups in total. The first-order valence-corrected chi connectivity index (χ1v) is 5.69. The van der Waals surface area contributed by atoms with Gasteiger partial charge in [0.05, 0.1) is 12.2 Å². The van der Waals surface area contributed by atoms with Gasteiger partial charge in [-0.1, -0.05) is 23.7 Å². The summed E-state index contributed by atoms with van der Waals surface area (Å²) in [4.78, 5) is 15.7. The normalized spacial score (nSPS) is 10.1. The van der Waals surface area contributed by atoms with Crippen LogP contribution < -0.4 is 5.32 Å². The smallest absolute Gasteiger partial charge is 0.257 e. The number of pyridine rings is 1. The van der Waals surface area contributed by atoms with Crippen LogP contribution in [0.3, 0.4) is 0 Å². The van der Waals surface area contributed by atoms with E-state index >= 15 is 0 Å². The first kappa shape index (κ1) is 12.5. The predicted octanol–water partition coefficient (Wildman–Crippen LogP) is 2.48. The lowest BCUT2D eigenvalue weighted by atomic mass is 10.2. The van der Waals surface area contributed by atoms with E-state index in [9.17, 15) is 4.79 Å². The molecule has 0 fully saturated rings. The topological polar surface area (TPSA) is 62.2 Å².